The van der Waals surface area contributed by atoms with Gasteiger partial charge in [0.25, 0.3) is 0 Å². The van der Waals surface area contributed by atoms with E-state index in [1.807, 2.05) is 6.92 Å². The van der Waals surface area contributed by atoms with Crippen molar-refractivity contribution >= 4 is 40.8 Å². The zero-order valence-corrected chi connectivity index (χ0v) is 19.2. The van der Waals surface area contributed by atoms with Gasteiger partial charge in [0.2, 0.25) is 0 Å². The first kappa shape index (κ1) is 20.8. The molecule has 0 unspecified atom stereocenters. The summed E-state index contributed by atoms with van der Waals surface area (Å²) < 4.78 is 0. The van der Waals surface area contributed by atoms with E-state index in [-0.39, 0.29) is 11.5 Å². The van der Waals surface area contributed by atoms with Gasteiger partial charge >= 0.3 is 0 Å². The number of hydrogen-bond donors (Lipinski definition) is 3. The molecule has 0 amide bonds. The number of rotatable bonds is 4. The highest BCUT2D eigenvalue weighted by molar-refractivity contribution is 7.99. The van der Waals surface area contributed by atoms with Crippen molar-refractivity contribution in [3.8, 4) is 0 Å². The SMILES string of the molecule is Cc1nc(Sc2ccnc(N)c2Cl)c(N)nc1N1CCC2(CC=C(C3CC3)[C@H]2N)CC1. The summed E-state index contributed by atoms with van der Waals surface area (Å²) in [5, 5.41) is 1.03. The molecule has 1 spiro atoms. The third-order valence-corrected chi connectivity index (χ3v) is 8.56. The summed E-state index contributed by atoms with van der Waals surface area (Å²) in [7, 11) is 0. The maximum absolute atomic E-state index is 6.72. The molecule has 0 aromatic carbocycles. The van der Waals surface area contributed by atoms with E-state index in [0.29, 0.717) is 21.7 Å². The van der Waals surface area contributed by atoms with Crippen LogP contribution in [0, 0.1) is 18.3 Å². The Morgan fingerprint density at radius 2 is 1.90 bits per heavy atom. The lowest BCUT2D eigenvalue weighted by Gasteiger charge is -2.43. The van der Waals surface area contributed by atoms with Crippen molar-refractivity contribution < 1.29 is 0 Å². The van der Waals surface area contributed by atoms with Gasteiger partial charge in [0.05, 0.1) is 10.7 Å². The van der Waals surface area contributed by atoms with Gasteiger partial charge in [-0.2, -0.15) is 0 Å². The van der Waals surface area contributed by atoms with Crippen LogP contribution in [0.15, 0.2) is 33.8 Å². The number of anilines is 3. The number of allylic oxidation sites excluding steroid dienone is 1. The Balaban J connectivity index is 1.30. The Labute approximate surface area is 191 Å². The monoisotopic (exact) mass is 457 g/mol. The molecule has 3 aliphatic rings. The maximum Gasteiger partial charge on any atom is 0.158 e. The first-order valence-corrected chi connectivity index (χ1v) is 12.0. The molecule has 2 aromatic heterocycles. The van der Waals surface area contributed by atoms with Crippen molar-refractivity contribution in [2.45, 2.75) is 55.0 Å². The lowest BCUT2D eigenvalue weighted by molar-refractivity contribution is 0.203. The number of piperidine rings is 1. The van der Waals surface area contributed by atoms with Crippen LogP contribution in [-0.4, -0.2) is 34.1 Å². The predicted octanol–water partition coefficient (Wildman–Crippen LogP) is 3.80. The van der Waals surface area contributed by atoms with E-state index < -0.39 is 0 Å². The number of aromatic nitrogens is 3. The van der Waals surface area contributed by atoms with E-state index in [0.717, 1.165) is 54.7 Å². The number of nitrogens with zero attached hydrogens (tertiary/aromatic N) is 4. The molecular weight excluding hydrogens is 430 g/mol. The van der Waals surface area contributed by atoms with Crippen molar-refractivity contribution in [1.82, 2.24) is 15.0 Å². The van der Waals surface area contributed by atoms with Crippen molar-refractivity contribution in [3.63, 3.8) is 0 Å². The highest BCUT2D eigenvalue weighted by Gasteiger charge is 2.47. The minimum Gasteiger partial charge on any atom is -0.382 e. The normalized spacial score (nSPS) is 22.7. The lowest BCUT2D eigenvalue weighted by Crippen LogP contribution is -2.48. The molecule has 5 rings (SSSR count). The van der Waals surface area contributed by atoms with Crippen molar-refractivity contribution in [2.24, 2.45) is 17.1 Å². The molecule has 1 aliphatic heterocycles. The van der Waals surface area contributed by atoms with Crippen LogP contribution in [0.3, 0.4) is 0 Å². The number of pyridine rings is 1. The summed E-state index contributed by atoms with van der Waals surface area (Å²) in [6.07, 6.45) is 9.95. The van der Waals surface area contributed by atoms with Crippen LogP contribution in [0.4, 0.5) is 17.5 Å². The van der Waals surface area contributed by atoms with Gasteiger partial charge in [0.1, 0.15) is 10.8 Å². The van der Waals surface area contributed by atoms with E-state index in [1.165, 1.54) is 30.2 Å². The first-order chi connectivity index (χ1) is 14.9. The third-order valence-electron chi connectivity index (χ3n) is 7.00. The number of nitrogen functional groups attached to an aromatic ring is 2. The predicted molar refractivity (Wildman–Crippen MR) is 126 cm³/mol. The van der Waals surface area contributed by atoms with E-state index >= 15 is 0 Å². The Kier molecular flexibility index (Phi) is 5.27. The molecule has 9 heteroatoms. The Bertz CT molecular complexity index is 1040. The van der Waals surface area contributed by atoms with Crippen LogP contribution in [0.5, 0.6) is 0 Å². The Hall–Kier alpha value is -2.03. The average molecular weight is 458 g/mol. The lowest BCUT2D eigenvalue weighted by atomic mass is 9.72. The molecule has 164 valence electrons. The molecule has 2 aromatic rings. The van der Waals surface area contributed by atoms with Gasteiger partial charge in [-0.05, 0) is 56.4 Å². The standard InChI is InChI=1S/C22H28ClN7S/c1-12-20(29-19(26)21(28-12)31-15-5-9-27-18(25)16(15)23)30-10-7-22(8-11-30)6-4-14(17(22)24)13-2-3-13/h4-5,9,13,17H,2-3,6-8,10-11,24H2,1H3,(H2,25,27)(H2,26,29)/t17-/m1/s1. The van der Waals surface area contributed by atoms with E-state index in [2.05, 4.69) is 16.0 Å². The molecule has 31 heavy (non-hydrogen) atoms. The number of nitrogens with two attached hydrogens (primary N) is 3. The van der Waals surface area contributed by atoms with Gasteiger partial charge < -0.3 is 22.1 Å². The van der Waals surface area contributed by atoms with Gasteiger partial charge in [-0.15, -0.1) is 0 Å². The second-order valence-corrected chi connectivity index (χ2v) is 10.4. The average Bonchev–Trinajstić information content (AvgIpc) is 3.55. The molecule has 2 fully saturated rings. The van der Waals surface area contributed by atoms with E-state index in [4.69, 9.17) is 38.8 Å². The fraction of sp³-hybridized carbons (Fsp3) is 0.500. The highest BCUT2D eigenvalue weighted by Crippen LogP contribution is 2.51. The van der Waals surface area contributed by atoms with Gasteiger partial charge in [-0.1, -0.05) is 35.0 Å². The molecule has 1 saturated carbocycles. The molecule has 1 atom stereocenters. The Morgan fingerprint density at radius 1 is 1.16 bits per heavy atom. The minimum atomic E-state index is 0.217. The van der Waals surface area contributed by atoms with Crippen molar-refractivity contribution in [2.75, 3.05) is 29.5 Å². The fourth-order valence-corrected chi connectivity index (χ4v) is 6.04. The van der Waals surface area contributed by atoms with Crippen LogP contribution in [0.2, 0.25) is 5.02 Å². The first-order valence-electron chi connectivity index (χ1n) is 10.8. The molecule has 2 aliphatic carbocycles. The van der Waals surface area contributed by atoms with Crippen LogP contribution in [-0.2, 0) is 0 Å². The van der Waals surface area contributed by atoms with E-state index in [1.54, 1.807) is 12.3 Å². The topological polar surface area (TPSA) is 120 Å². The van der Waals surface area contributed by atoms with Crippen molar-refractivity contribution in [3.05, 3.63) is 34.6 Å². The second-order valence-electron chi connectivity index (χ2n) is 8.94. The van der Waals surface area contributed by atoms with Gasteiger partial charge in [0, 0.05) is 30.2 Å². The summed E-state index contributed by atoms with van der Waals surface area (Å²) in [6.45, 7) is 3.83. The molecule has 6 N–H and O–H groups in total. The largest absolute Gasteiger partial charge is 0.382 e. The summed E-state index contributed by atoms with van der Waals surface area (Å²) >= 11 is 7.63. The van der Waals surface area contributed by atoms with Crippen LogP contribution < -0.4 is 22.1 Å². The molecule has 7 nitrogen and oxygen atoms in total. The maximum atomic E-state index is 6.72. The highest BCUT2D eigenvalue weighted by atomic mass is 35.5. The minimum absolute atomic E-state index is 0.217. The molecule has 0 bridgehead atoms. The van der Waals surface area contributed by atoms with E-state index in [9.17, 15) is 0 Å². The third kappa shape index (κ3) is 3.75. The van der Waals surface area contributed by atoms with Gasteiger partial charge in [0.15, 0.2) is 11.6 Å². The Morgan fingerprint density at radius 3 is 2.61 bits per heavy atom. The number of halogens is 1. The number of aryl methyl sites for hydroxylation is 1. The molecular formula is C22H28ClN7S. The molecule has 1 saturated heterocycles. The summed E-state index contributed by atoms with van der Waals surface area (Å²) in [6, 6.07) is 2.02. The summed E-state index contributed by atoms with van der Waals surface area (Å²) in [5.74, 6) is 2.31. The smallest absolute Gasteiger partial charge is 0.158 e. The molecule has 3 heterocycles. The zero-order chi connectivity index (χ0) is 21.8. The zero-order valence-electron chi connectivity index (χ0n) is 17.6. The molecule has 0 radical (unpaired) electrons. The quantitative estimate of drug-likeness (QED) is 0.593. The summed E-state index contributed by atoms with van der Waals surface area (Å²) in [4.78, 5) is 16.5. The van der Waals surface area contributed by atoms with Crippen LogP contribution >= 0.6 is 23.4 Å². The van der Waals surface area contributed by atoms with Gasteiger partial charge in [-0.25, -0.2) is 15.0 Å². The number of hydrogen-bond acceptors (Lipinski definition) is 8. The summed E-state index contributed by atoms with van der Waals surface area (Å²) in [5.41, 5.74) is 21.4. The van der Waals surface area contributed by atoms with Crippen molar-refractivity contribution in [1.29, 1.82) is 0 Å². The van der Waals surface area contributed by atoms with Crippen LogP contribution in [0.1, 0.15) is 37.8 Å². The fourth-order valence-electron chi connectivity index (χ4n) is 4.95. The van der Waals surface area contributed by atoms with Gasteiger partial charge in [-0.3, -0.25) is 0 Å². The van der Waals surface area contributed by atoms with Crippen LogP contribution in [0.25, 0.3) is 0 Å². The second kappa shape index (κ2) is 7.83.